The van der Waals surface area contributed by atoms with E-state index in [-0.39, 0.29) is 18.1 Å². The maximum Gasteiger partial charge on any atom is 0.270 e. The number of amides is 1. The second kappa shape index (κ2) is 9.39. The predicted octanol–water partition coefficient (Wildman–Crippen LogP) is 5.36. The molecule has 1 aromatic heterocycles. The van der Waals surface area contributed by atoms with Gasteiger partial charge in [0.15, 0.2) is 16.3 Å². The van der Waals surface area contributed by atoms with Crippen LogP contribution in [0.5, 0.6) is 11.5 Å². The van der Waals surface area contributed by atoms with Crippen LogP contribution in [0.25, 0.3) is 5.69 Å². The largest absolute Gasteiger partial charge is 0.493 e. The van der Waals surface area contributed by atoms with Gasteiger partial charge in [-0.15, -0.1) is 0 Å². The highest BCUT2D eigenvalue weighted by Gasteiger charge is 2.21. The summed E-state index contributed by atoms with van der Waals surface area (Å²) in [6.07, 6.45) is 6.48. The van der Waals surface area contributed by atoms with Crippen molar-refractivity contribution >= 4 is 18.1 Å². The minimum absolute atomic E-state index is 0.214. The lowest BCUT2D eigenvalue weighted by molar-refractivity contribution is 0.0933. The van der Waals surface area contributed by atoms with Gasteiger partial charge in [-0.3, -0.25) is 9.36 Å². The van der Waals surface area contributed by atoms with Gasteiger partial charge < -0.3 is 19.8 Å². The van der Waals surface area contributed by atoms with Gasteiger partial charge in [-0.25, -0.2) is 0 Å². The molecule has 0 aliphatic heterocycles. The number of H-pyrrole nitrogens is 1. The maximum atomic E-state index is 13.0. The first-order chi connectivity index (χ1) is 15.1. The van der Waals surface area contributed by atoms with E-state index in [1.807, 2.05) is 55.5 Å². The number of benzene rings is 2. The third-order valence-electron chi connectivity index (χ3n) is 5.65. The highest BCUT2D eigenvalue weighted by atomic mass is 32.1. The van der Waals surface area contributed by atoms with Crippen LogP contribution in [0.3, 0.4) is 0 Å². The minimum atomic E-state index is -0.227. The Hall–Kier alpha value is -3.06. The lowest BCUT2D eigenvalue weighted by Gasteiger charge is -2.19. The molecule has 1 heterocycles. The highest BCUT2D eigenvalue weighted by molar-refractivity contribution is 7.71. The number of ether oxygens (including phenoxy) is 2. The molecular weight excluding hydrogens is 410 g/mol. The molecule has 1 amide bonds. The topological polar surface area (TPSA) is 68.3 Å². The van der Waals surface area contributed by atoms with Crippen molar-refractivity contribution < 1.29 is 14.3 Å². The van der Waals surface area contributed by atoms with E-state index >= 15 is 0 Å². The SMILES string of the molecule is COc1cc(C(C)NC(=O)c2c[nH]c(=S)n2-c2ccccc2)ccc1OC1CCCC1. The molecule has 7 heteroatoms. The molecule has 0 saturated heterocycles. The Morgan fingerprint density at radius 2 is 1.90 bits per heavy atom. The predicted molar refractivity (Wildman–Crippen MR) is 123 cm³/mol. The van der Waals surface area contributed by atoms with Crippen molar-refractivity contribution in [1.82, 2.24) is 14.9 Å². The van der Waals surface area contributed by atoms with Gasteiger partial charge in [0.1, 0.15) is 5.69 Å². The molecule has 31 heavy (non-hydrogen) atoms. The molecule has 1 fully saturated rings. The quantitative estimate of drug-likeness (QED) is 0.489. The molecule has 0 bridgehead atoms. The summed E-state index contributed by atoms with van der Waals surface area (Å²) in [7, 11) is 1.64. The zero-order valence-electron chi connectivity index (χ0n) is 17.8. The molecule has 1 unspecified atom stereocenters. The van der Waals surface area contributed by atoms with Crippen LogP contribution >= 0.6 is 12.2 Å². The van der Waals surface area contributed by atoms with Crippen LogP contribution in [0.1, 0.15) is 54.7 Å². The Labute approximate surface area is 187 Å². The van der Waals surface area contributed by atoms with Gasteiger partial charge in [-0.05, 0) is 74.7 Å². The molecule has 1 aliphatic carbocycles. The Morgan fingerprint density at radius 3 is 2.61 bits per heavy atom. The normalized spacial score (nSPS) is 14.9. The summed E-state index contributed by atoms with van der Waals surface area (Å²) in [6, 6.07) is 15.2. The molecule has 0 spiro atoms. The van der Waals surface area contributed by atoms with Gasteiger partial charge in [0, 0.05) is 11.9 Å². The van der Waals surface area contributed by atoms with Crippen LogP contribution in [-0.4, -0.2) is 28.7 Å². The third kappa shape index (κ3) is 4.66. The van der Waals surface area contributed by atoms with E-state index in [0.717, 1.165) is 29.8 Å². The van der Waals surface area contributed by atoms with Gasteiger partial charge in [0.25, 0.3) is 5.91 Å². The summed E-state index contributed by atoms with van der Waals surface area (Å²) in [5.74, 6) is 1.22. The second-order valence-corrected chi connectivity index (χ2v) is 8.17. The van der Waals surface area contributed by atoms with Crippen molar-refractivity contribution in [3.05, 3.63) is 70.8 Å². The van der Waals surface area contributed by atoms with E-state index in [1.165, 1.54) is 12.8 Å². The average Bonchev–Trinajstić information content (AvgIpc) is 3.44. The van der Waals surface area contributed by atoms with Crippen molar-refractivity contribution in [2.75, 3.05) is 7.11 Å². The molecule has 1 atom stereocenters. The molecule has 2 aromatic carbocycles. The van der Waals surface area contributed by atoms with Gasteiger partial charge in [-0.1, -0.05) is 24.3 Å². The Bertz CT molecular complexity index is 1100. The zero-order chi connectivity index (χ0) is 21.8. The fourth-order valence-corrected chi connectivity index (χ4v) is 4.22. The van der Waals surface area contributed by atoms with Crippen LogP contribution in [0.2, 0.25) is 0 Å². The minimum Gasteiger partial charge on any atom is -0.493 e. The van der Waals surface area contributed by atoms with Crippen molar-refractivity contribution in [2.24, 2.45) is 0 Å². The van der Waals surface area contributed by atoms with E-state index < -0.39 is 0 Å². The molecule has 162 valence electrons. The maximum absolute atomic E-state index is 13.0. The van der Waals surface area contributed by atoms with Crippen LogP contribution in [-0.2, 0) is 0 Å². The van der Waals surface area contributed by atoms with Crippen molar-refractivity contribution in [2.45, 2.75) is 44.8 Å². The standard InChI is InChI=1S/C24H27N3O3S/c1-16(17-12-13-21(22(14-17)29-2)30-19-10-6-7-11-19)26-23(28)20-15-25-24(31)27(20)18-8-4-3-5-9-18/h3-5,8-9,12-16,19H,6-7,10-11H2,1-2H3,(H,25,31)(H,26,28). The zero-order valence-corrected chi connectivity index (χ0v) is 18.6. The highest BCUT2D eigenvalue weighted by Crippen LogP contribution is 2.33. The molecular formula is C24H27N3O3S. The molecule has 6 nitrogen and oxygen atoms in total. The number of carbonyl (C=O) groups is 1. The summed E-state index contributed by atoms with van der Waals surface area (Å²) in [5, 5.41) is 3.06. The number of hydrogen-bond donors (Lipinski definition) is 2. The summed E-state index contributed by atoms with van der Waals surface area (Å²) < 4.78 is 13.9. The van der Waals surface area contributed by atoms with Gasteiger partial charge in [0.05, 0.1) is 19.3 Å². The smallest absolute Gasteiger partial charge is 0.270 e. The summed E-state index contributed by atoms with van der Waals surface area (Å²) in [5.41, 5.74) is 2.22. The van der Waals surface area contributed by atoms with E-state index in [2.05, 4.69) is 10.3 Å². The molecule has 0 radical (unpaired) electrons. The van der Waals surface area contributed by atoms with E-state index in [0.29, 0.717) is 16.2 Å². The van der Waals surface area contributed by atoms with Crippen LogP contribution in [0.15, 0.2) is 54.7 Å². The molecule has 1 saturated carbocycles. The first-order valence-corrected chi connectivity index (χ1v) is 11.0. The number of carbonyl (C=O) groups excluding carboxylic acids is 1. The third-order valence-corrected chi connectivity index (χ3v) is 5.95. The van der Waals surface area contributed by atoms with E-state index in [4.69, 9.17) is 21.7 Å². The monoisotopic (exact) mass is 437 g/mol. The summed E-state index contributed by atoms with van der Waals surface area (Å²) in [6.45, 7) is 1.94. The Morgan fingerprint density at radius 1 is 1.16 bits per heavy atom. The number of aromatic amines is 1. The summed E-state index contributed by atoms with van der Waals surface area (Å²) >= 11 is 5.38. The first kappa shape index (κ1) is 21.2. The lowest BCUT2D eigenvalue weighted by Crippen LogP contribution is -2.28. The van der Waals surface area contributed by atoms with Crippen molar-refractivity contribution in [1.29, 1.82) is 0 Å². The fraction of sp³-hybridized carbons (Fsp3) is 0.333. The van der Waals surface area contributed by atoms with E-state index in [1.54, 1.807) is 17.9 Å². The van der Waals surface area contributed by atoms with Crippen molar-refractivity contribution in [3.63, 3.8) is 0 Å². The number of aromatic nitrogens is 2. The average molecular weight is 438 g/mol. The molecule has 2 N–H and O–H groups in total. The Balaban J connectivity index is 1.51. The Kier molecular flexibility index (Phi) is 6.42. The summed E-state index contributed by atoms with van der Waals surface area (Å²) in [4.78, 5) is 16.0. The number of hydrogen-bond acceptors (Lipinski definition) is 4. The molecule has 4 rings (SSSR count). The van der Waals surface area contributed by atoms with Gasteiger partial charge in [0.2, 0.25) is 0 Å². The molecule has 3 aromatic rings. The lowest BCUT2D eigenvalue weighted by atomic mass is 10.1. The number of para-hydroxylation sites is 1. The number of methoxy groups -OCH3 is 1. The van der Waals surface area contributed by atoms with Crippen LogP contribution < -0.4 is 14.8 Å². The number of imidazole rings is 1. The fourth-order valence-electron chi connectivity index (χ4n) is 3.96. The van der Waals surface area contributed by atoms with Crippen LogP contribution in [0, 0.1) is 4.77 Å². The first-order valence-electron chi connectivity index (χ1n) is 10.6. The van der Waals surface area contributed by atoms with E-state index in [9.17, 15) is 4.79 Å². The number of rotatable bonds is 7. The van der Waals surface area contributed by atoms with Gasteiger partial charge >= 0.3 is 0 Å². The molecule has 1 aliphatic rings. The van der Waals surface area contributed by atoms with Crippen molar-refractivity contribution in [3.8, 4) is 17.2 Å². The van der Waals surface area contributed by atoms with Gasteiger partial charge in [-0.2, -0.15) is 0 Å². The number of nitrogens with one attached hydrogen (secondary N) is 2. The second-order valence-electron chi connectivity index (χ2n) is 7.78. The van der Waals surface area contributed by atoms with Crippen LogP contribution in [0.4, 0.5) is 0 Å². The number of nitrogens with zero attached hydrogens (tertiary/aromatic N) is 1.